The highest BCUT2D eigenvalue weighted by molar-refractivity contribution is 8.01. The number of carboxylic acids is 1. The van der Waals surface area contributed by atoms with Crippen LogP contribution in [0.3, 0.4) is 0 Å². The van der Waals surface area contributed by atoms with Crippen LogP contribution in [0.2, 0.25) is 0 Å². The van der Waals surface area contributed by atoms with E-state index in [1.54, 1.807) is 16.2 Å². The minimum absolute atomic E-state index is 0.0374. The molecular formula is C39H67N3O3S2. The van der Waals surface area contributed by atoms with Crippen LogP contribution in [-0.2, 0) is 9.59 Å². The number of carboxylic acid groups (broad SMARTS) is 1. The minimum Gasteiger partial charge on any atom is -0.481 e. The lowest BCUT2D eigenvalue weighted by molar-refractivity contribution is -0.144. The van der Waals surface area contributed by atoms with E-state index >= 15 is 0 Å². The molecule has 2 rings (SSSR count). The zero-order valence-electron chi connectivity index (χ0n) is 30.4. The average Bonchev–Trinajstić information content (AvgIpc) is 3.49. The number of nitrogens with zero attached hydrogens (tertiary/aromatic N) is 3. The zero-order chi connectivity index (χ0) is 34.1. The summed E-state index contributed by atoms with van der Waals surface area (Å²) >= 11 is 3.09. The van der Waals surface area contributed by atoms with Crippen molar-refractivity contribution in [2.45, 2.75) is 160 Å². The Bertz CT molecular complexity index is 1100. The number of carbonyl (C=O) groups is 2. The number of thioether (sulfide) groups is 1. The highest BCUT2D eigenvalue weighted by Crippen LogP contribution is 2.36. The van der Waals surface area contributed by atoms with Gasteiger partial charge in [0.25, 0.3) is 0 Å². The second-order valence-electron chi connectivity index (χ2n) is 13.5. The molecule has 0 bridgehead atoms. The third kappa shape index (κ3) is 17.4. The largest absolute Gasteiger partial charge is 0.481 e. The zero-order valence-corrected chi connectivity index (χ0v) is 32.0. The van der Waals surface area contributed by atoms with Crippen molar-refractivity contribution < 1.29 is 14.7 Å². The van der Waals surface area contributed by atoms with Crippen molar-refractivity contribution in [3.63, 3.8) is 0 Å². The van der Waals surface area contributed by atoms with Gasteiger partial charge in [0.15, 0.2) is 4.34 Å². The van der Waals surface area contributed by atoms with Gasteiger partial charge in [-0.05, 0) is 31.4 Å². The maximum atomic E-state index is 12.9. The van der Waals surface area contributed by atoms with Crippen LogP contribution in [0.1, 0.15) is 156 Å². The Balaban J connectivity index is 1.66. The summed E-state index contributed by atoms with van der Waals surface area (Å²) in [6, 6.07) is 6.36. The maximum absolute atomic E-state index is 12.9. The number of rotatable bonds is 30. The molecule has 0 radical (unpaired) electrons. The Morgan fingerprint density at radius 3 is 1.77 bits per heavy atom. The van der Waals surface area contributed by atoms with E-state index in [0.29, 0.717) is 12.3 Å². The van der Waals surface area contributed by atoms with Gasteiger partial charge in [0.2, 0.25) is 5.91 Å². The molecule has 1 unspecified atom stereocenters. The van der Waals surface area contributed by atoms with Crippen LogP contribution >= 0.6 is 23.1 Å². The summed E-state index contributed by atoms with van der Waals surface area (Å²) in [6.45, 7) is 9.46. The summed E-state index contributed by atoms with van der Waals surface area (Å²) in [5, 5.41) is 9.92. The molecule has 8 heteroatoms. The lowest BCUT2D eigenvalue weighted by Crippen LogP contribution is -2.32. The number of thiazole rings is 1. The topological polar surface area (TPSA) is 73.7 Å². The van der Waals surface area contributed by atoms with Gasteiger partial charge in [0, 0.05) is 38.9 Å². The van der Waals surface area contributed by atoms with Gasteiger partial charge in [-0.2, -0.15) is 0 Å². The summed E-state index contributed by atoms with van der Waals surface area (Å²) in [5.74, 6) is -1.36. The van der Waals surface area contributed by atoms with E-state index in [4.69, 9.17) is 4.98 Å². The van der Waals surface area contributed by atoms with E-state index in [-0.39, 0.29) is 12.3 Å². The lowest BCUT2D eigenvalue weighted by Gasteiger charge is -2.25. The van der Waals surface area contributed by atoms with Gasteiger partial charge < -0.3 is 14.9 Å². The van der Waals surface area contributed by atoms with Crippen molar-refractivity contribution in [2.24, 2.45) is 5.92 Å². The Hall–Kier alpha value is -1.80. The van der Waals surface area contributed by atoms with Crippen molar-refractivity contribution >= 4 is 50.9 Å². The molecule has 0 spiro atoms. The van der Waals surface area contributed by atoms with E-state index in [1.807, 2.05) is 7.05 Å². The van der Waals surface area contributed by atoms with Crippen molar-refractivity contribution in [3.8, 4) is 0 Å². The minimum atomic E-state index is -0.909. The summed E-state index contributed by atoms with van der Waals surface area (Å²) in [7, 11) is 1.82. The summed E-state index contributed by atoms with van der Waals surface area (Å²) in [4.78, 5) is 34.2. The fourth-order valence-electron chi connectivity index (χ4n) is 6.06. The van der Waals surface area contributed by atoms with Crippen LogP contribution in [0, 0.1) is 5.92 Å². The Labute approximate surface area is 295 Å². The number of hydrogen-bond donors (Lipinski definition) is 1. The molecule has 1 N–H and O–H groups in total. The molecular weight excluding hydrogens is 623 g/mol. The third-order valence-corrected chi connectivity index (χ3v) is 11.6. The van der Waals surface area contributed by atoms with E-state index < -0.39 is 11.9 Å². The number of carbonyl (C=O) groups excluding carboxylic acids is 1. The maximum Gasteiger partial charge on any atom is 0.307 e. The number of unbranched alkanes of at least 4 members (excludes halogenated alkanes) is 17. The molecule has 1 amide bonds. The molecule has 0 aliphatic heterocycles. The molecule has 1 aromatic heterocycles. The number of aromatic nitrogens is 1. The summed E-state index contributed by atoms with van der Waals surface area (Å²) < 4.78 is 2.00. The quantitative estimate of drug-likeness (QED) is 0.0650. The van der Waals surface area contributed by atoms with Crippen LogP contribution in [-0.4, -0.2) is 59.3 Å². The first kappa shape index (κ1) is 41.4. The van der Waals surface area contributed by atoms with Crippen molar-refractivity contribution in [3.05, 3.63) is 18.2 Å². The van der Waals surface area contributed by atoms with E-state index in [2.05, 4.69) is 43.9 Å². The normalized spacial score (nSPS) is 12.1. The van der Waals surface area contributed by atoms with Gasteiger partial charge >= 0.3 is 5.97 Å². The van der Waals surface area contributed by atoms with E-state index in [1.165, 1.54) is 107 Å². The van der Waals surface area contributed by atoms with Gasteiger partial charge in [-0.3, -0.25) is 9.59 Å². The van der Waals surface area contributed by atoms with Gasteiger partial charge in [-0.1, -0.05) is 148 Å². The number of para-hydroxylation sites is 1. The molecule has 1 heterocycles. The predicted octanol–water partition coefficient (Wildman–Crippen LogP) is 11.6. The molecule has 0 aliphatic rings. The van der Waals surface area contributed by atoms with Crippen molar-refractivity contribution in [1.29, 1.82) is 0 Å². The molecule has 0 fully saturated rings. The Morgan fingerprint density at radius 1 is 0.745 bits per heavy atom. The molecule has 0 saturated heterocycles. The fourth-order valence-corrected chi connectivity index (χ4v) is 8.25. The number of hydrogen-bond acceptors (Lipinski definition) is 6. The van der Waals surface area contributed by atoms with Gasteiger partial charge in [0.1, 0.15) is 5.52 Å². The number of fused-ring (bicyclic) bond motifs is 1. The molecule has 47 heavy (non-hydrogen) atoms. The highest BCUT2D eigenvalue weighted by atomic mass is 32.2. The van der Waals surface area contributed by atoms with Gasteiger partial charge in [0.05, 0.1) is 16.3 Å². The average molecular weight is 690 g/mol. The van der Waals surface area contributed by atoms with Crippen molar-refractivity contribution in [2.75, 3.05) is 37.3 Å². The van der Waals surface area contributed by atoms with Gasteiger partial charge in [-0.15, -0.1) is 11.3 Å². The number of benzene rings is 1. The molecule has 0 aliphatic carbocycles. The first-order valence-electron chi connectivity index (χ1n) is 19.1. The molecule has 268 valence electrons. The Morgan fingerprint density at radius 2 is 1.26 bits per heavy atom. The first-order valence-corrected chi connectivity index (χ1v) is 20.9. The SMILES string of the molecule is CCCCCCCCCCCCCCCCCCN(C)C(=O)CC(CSc1nc2c(N(CCCC)CCCC)cccc2s1)C(=O)O. The summed E-state index contributed by atoms with van der Waals surface area (Å²) in [5.41, 5.74) is 2.18. The molecule has 2 aromatic rings. The smallest absolute Gasteiger partial charge is 0.307 e. The lowest BCUT2D eigenvalue weighted by atomic mass is 10.0. The number of amides is 1. The van der Waals surface area contributed by atoms with Gasteiger partial charge in [-0.25, -0.2) is 4.98 Å². The standard InChI is InChI=1S/C39H67N3O3S2/c1-5-8-11-12-13-14-15-16-17-18-19-20-21-22-23-24-28-41(4)36(43)31-33(38(44)45)32-46-39-40-37-34(26-25-27-35(37)47-39)42(29-9-6-2)30-10-7-3/h25-27,33H,5-24,28-32H2,1-4H3,(H,44,45). The van der Waals surface area contributed by atoms with Crippen LogP contribution in [0.15, 0.2) is 22.5 Å². The molecule has 6 nitrogen and oxygen atoms in total. The summed E-state index contributed by atoms with van der Waals surface area (Å²) in [6.07, 6.45) is 25.9. The van der Waals surface area contributed by atoms with Crippen LogP contribution in [0.25, 0.3) is 10.2 Å². The highest BCUT2D eigenvalue weighted by Gasteiger charge is 2.24. The monoisotopic (exact) mass is 689 g/mol. The van der Waals surface area contributed by atoms with Crippen molar-refractivity contribution in [1.82, 2.24) is 9.88 Å². The number of aliphatic carboxylic acids is 1. The molecule has 1 aromatic carbocycles. The molecule has 0 saturated carbocycles. The van der Waals surface area contributed by atoms with Crippen LogP contribution < -0.4 is 4.90 Å². The Kier molecular flexibility index (Phi) is 23.0. The van der Waals surface area contributed by atoms with E-state index in [0.717, 1.165) is 66.2 Å². The first-order chi connectivity index (χ1) is 22.9. The van der Waals surface area contributed by atoms with Crippen LogP contribution in [0.4, 0.5) is 5.69 Å². The van der Waals surface area contributed by atoms with Crippen LogP contribution in [0.5, 0.6) is 0 Å². The fraction of sp³-hybridized carbons (Fsp3) is 0.769. The number of anilines is 1. The predicted molar refractivity (Wildman–Crippen MR) is 205 cm³/mol. The molecule has 1 atom stereocenters. The second-order valence-corrected chi connectivity index (χ2v) is 15.8. The third-order valence-electron chi connectivity index (χ3n) is 9.23. The second kappa shape index (κ2) is 26.1. The van der Waals surface area contributed by atoms with E-state index in [9.17, 15) is 14.7 Å².